The van der Waals surface area contributed by atoms with Crippen LogP contribution in [-0.4, -0.2) is 32.9 Å². The molecule has 0 amide bonds. The van der Waals surface area contributed by atoms with Crippen LogP contribution in [0.25, 0.3) is 10.9 Å². The Kier molecular flexibility index (Phi) is 4.79. The van der Waals surface area contributed by atoms with Crippen molar-refractivity contribution in [3.63, 3.8) is 0 Å². The van der Waals surface area contributed by atoms with Gasteiger partial charge in [-0.1, -0.05) is 6.92 Å². The Bertz CT molecular complexity index is 716. The smallest absolute Gasteiger partial charge is 0.293 e. The van der Waals surface area contributed by atoms with Crippen LogP contribution < -0.4 is 10.9 Å². The van der Waals surface area contributed by atoms with Gasteiger partial charge in [-0.05, 0) is 18.7 Å². The Morgan fingerprint density at radius 3 is 2.90 bits per heavy atom. The number of nitro groups is 1. The van der Waals surface area contributed by atoms with Crippen LogP contribution in [0.5, 0.6) is 0 Å². The fourth-order valence-corrected chi connectivity index (χ4v) is 2.77. The summed E-state index contributed by atoms with van der Waals surface area (Å²) in [6, 6.07) is 2.96. The number of fused-ring (bicyclic) bond motifs is 1. The Hall–Kier alpha value is -2.09. The minimum Gasteiger partial charge on any atom is -0.376 e. The van der Waals surface area contributed by atoms with Crippen LogP contribution in [0, 0.1) is 10.1 Å². The lowest BCUT2D eigenvalue weighted by Gasteiger charge is -2.17. The number of hydrogen-bond donors (Lipinski definition) is 2. The van der Waals surface area contributed by atoms with Gasteiger partial charge in [0.2, 0.25) is 0 Å². The Morgan fingerprint density at radius 2 is 2.29 bits per heavy atom. The highest BCUT2D eigenvalue weighted by atomic mass is 32.2. The average molecular weight is 308 g/mol. The third-order valence-electron chi connectivity index (χ3n) is 3.17. The molecule has 112 valence electrons. The molecule has 0 spiro atoms. The number of benzene rings is 1. The fraction of sp³-hybridized carbons (Fsp3) is 0.385. The Morgan fingerprint density at radius 1 is 1.52 bits per heavy atom. The summed E-state index contributed by atoms with van der Waals surface area (Å²) in [5.41, 5.74) is 0.337. The number of thioether (sulfide) groups is 1. The van der Waals surface area contributed by atoms with Crippen molar-refractivity contribution in [2.75, 3.05) is 17.3 Å². The predicted octanol–water partition coefficient (Wildman–Crippen LogP) is 2.38. The number of H-pyrrole nitrogens is 1. The quantitative estimate of drug-likeness (QED) is 0.627. The molecular weight excluding hydrogens is 292 g/mol. The molecule has 0 aliphatic rings. The van der Waals surface area contributed by atoms with Crippen molar-refractivity contribution in [3.8, 4) is 0 Å². The lowest BCUT2D eigenvalue weighted by molar-refractivity contribution is -0.383. The molecular formula is C13H16N4O3S. The van der Waals surface area contributed by atoms with Gasteiger partial charge >= 0.3 is 0 Å². The number of aromatic amines is 1. The first-order chi connectivity index (χ1) is 10.1. The van der Waals surface area contributed by atoms with Crippen LogP contribution in [0.2, 0.25) is 0 Å². The van der Waals surface area contributed by atoms with Crippen LogP contribution in [0.15, 0.2) is 23.3 Å². The number of nitrogens with one attached hydrogen (secondary N) is 2. The van der Waals surface area contributed by atoms with E-state index in [-0.39, 0.29) is 22.7 Å². The summed E-state index contributed by atoms with van der Waals surface area (Å²) in [7, 11) is 0. The number of hydrogen-bond acceptors (Lipinski definition) is 6. The van der Waals surface area contributed by atoms with Crippen LogP contribution in [0.3, 0.4) is 0 Å². The molecule has 0 radical (unpaired) electrons. The van der Waals surface area contributed by atoms with Crippen LogP contribution >= 0.6 is 11.8 Å². The molecule has 0 aliphatic carbocycles. The summed E-state index contributed by atoms with van der Waals surface area (Å²) in [4.78, 5) is 28.9. The maximum atomic E-state index is 11.7. The molecule has 1 aromatic heterocycles. The van der Waals surface area contributed by atoms with Gasteiger partial charge in [0.05, 0.1) is 22.2 Å². The molecule has 2 aromatic rings. The lowest BCUT2D eigenvalue weighted by atomic mass is 10.1. The fourth-order valence-electron chi connectivity index (χ4n) is 2.05. The molecule has 0 aliphatic heterocycles. The predicted molar refractivity (Wildman–Crippen MR) is 85.1 cm³/mol. The number of nitro benzene ring substituents is 1. The van der Waals surface area contributed by atoms with Gasteiger partial charge in [-0.25, -0.2) is 4.98 Å². The first-order valence-electron chi connectivity index (χ1n) is 6.48. The molecule has 8 heteroatoms. The first kappa shape index (κ1) is 15.3. The highest BCUT2D eigenvalue weighted by Gasteiger charge is 2.19. The summed E-state index contributed by atoms with van der Waals surface area (Å²) in [6.07, 6.45) is 4.12. The van der Waals surface area contributed by atoms with E-state index in [9.17, 15) is 14.9 Å². The van der Waals surface area contributed by atoms with Crippen LogP contribution in [0.4, 0.5) is 11.4 Å². The molecule has 2 rings (SSSR count). The zero-order valence-electron chi connectivity index (χ0n) is 11.8. The van der Waals surface area contributed by atoms with E-state index in [1.807, 2.05) is 13.2 Å². The van der Waals surface area contributed by atoms with Gasteiger partial charge in [-0.2, -0.15) is 11.8 Å². The maximum absolute atomic E-state index is 11.7. The highest BCUT2D eigenvalue weighted by Crippen LogP contribution is 2.29. The van der Waals surface area contributed by atoms with Crippen molar-refractivity contribution in [3.05, 3.63) is 38.9 Å². The first-order valence-corrected chi connectivity index (χ1v) is 7.87. The SMILES string of the molecule is CCC(CSC)Nc1cc2nc[nH]c(=O)c2cc1[N+](=O)[O-]. The van der Waals surface area contributed by atoms with Crippen molar-refractivity contribution in [1.82, 2.24) is 9.97 Å². The van der Waals surface area contributed by atoms with E-state index in [0.717, 1.165) is 12.2 Å². The third kappa shape index (κ3) is 3.33. The van der Waals surface area contributed by atoms with E-state index in [0.29, 0.717) is 11.2 Å². The maximum Gasteiger partial charge on any atom is 0.293 e. The molecule has 2 N–H and O–H groups in total. The molecule has 21 heavy (non-hydrogen) atoms. The van der Waals surface area contributed by atoms with Gasteiger partial charge < -0.3 is 10.3 Å². The van der Waals surface area contributed by atoms with Crippen molar-refractivity contribution in [1.29, 1.82) is 0 Å². The van der Waals surface area contributed by atoms with Gasteiger partial charge in [0.15, 0.2) is 0 Å². The largest absolute Gasteiger partial charge is 0.376 e. The van der Waals surface area contributed by atoms with E-state index in [4.69, 9.17) is 0 Å². The molecule has 1 heterocycles. The minimum absolute atomic E-state index is 0.111. The van der Waals surface area contributed by atoms with E-state index in [1.54, 1.807) is 17.8 Å². The second kappa shape index (κ2) is 6.57. The molecule has 0 saturated carbocycles. The van der Waals surface area contributed by atoms with Gasteiger partial charge in [-0.3, -0.25) is 14.9 Å². The summed E-state index contributed by atoms with van der Waals surface area (Å²) < 4.78 is 0. The summed E-state index contributed by atoms with van der Waals surface area (Å²) >= 11 is 1.67. The van der Waals surface area contributed by atoms with Crippen LogP contribution in [0.1, 0.15) is 13.3 Å². The van der Waals surface area contributed by atoms with Crippen molar-refractivity contribution >= 4 is 34.0 Å². The number of anilines is 1. The van der Waals surface area contributed by atoms with Crippen molar-refractivity contribution in [2.45, 2.75) is 19.4 Å². The second-order valence-electron chi connectivity index (χ2n) is 4.58. The minimum atomic E-state index is -0.486. The molecule has 1 unspecified atom stereocenters. The summed E-state index contributed by atoms with van der Waals surface area (Å²) in [5, 5.41) is 14.6. The van der Waals surface area contributed by atoms with Crippen molar-refractivity contribution < 1.29 is 4.92 Å². The molecule has 0 fully saturated rings. The molecule has 1 atom stereocenters. The van der Waals surface area contributed by atoms with Gasteiger partial charge in [0.1, 0.15) is 5.69 Å². The lowest BCUT2D eigenvalue weighted by Crippen LogP contribution is -2.22. The molecule has 0 bridgehead atoms. The van der Waals surface area contributed by atoms with E-state index in [1.165, 1.54) is 12.4 Å². The standard InChI is InChI=1S/C13H16N4O3S/c1-3-8(6-21-2)16-11-5-10-9(4-12(11)17(19)20)13(18)15-7-14-10/h4-5,7-8,16H,3,6H2,1-2H3,(H,14,15,18). The zero-order valence-corrected chi connectivity index (χ0v) is 12.6. The second-order valence-corrected chi connectivity index (χ2v) is 5.49. The third-order valence-corrected chi connectivity index (χ3v) is 3.91. The average Bonchev–Trinajstić information content (AvgIpc) is 2.46. The molecule has 0 saturated heterocycles. The summed E-state index contributed by atoms with van der Waals surface area (Å²) in [6.45, 7) is 2.02. The van der Waals surface area contributed by atoms with Crippen molar-refractivity contribution in [2.24, 2.45) is 0 Å². The Balaban J connectivity index is 2.53. The zero-order chi connectivity index (χ0) is 15.4. The Labute approximate surface area is 125 Å². The summed E-state index contributed by atoms with van der Waals surface area (Å²) in [5.74, 6) is 0.842. The number of aromatic nitrogens is 2. The normalized spacial score (nSPS) is 12.3. The monoisotopic (exact) mass is 308 g/mol. The van der Waals surface area contributed by atoms with Gasteiger partial charge in [-0.15, -0.1) is 0 Å². The van der Waals surface area contributed by atoms with E-state index in [2.05, 4.69) is 15.3 Å². The number of rotatable bonds is 6. The number of nitrogens with zero attached hydrogens (tertiary/aromatic N) is 2. The van der Waals surface area contributed by atoms with E-state index >= 15 is 0 Å². The van der Waals surface area contributed by atoms with E-state index < -0.39 is 4.92 Å². The van der Waals surface area contributed by atoms with Gasteiger partial charge in [0, 0.05) is 17.9 Å². The molecule has 1 aromatic carbocycles. The molecule has 7 nitrogen and oxygen atoms in total. The highest BCUT2D eigenvalue weighted by molar-refractivity contribution is 7.98. The van der Waals surface area contributed by atoms with Gasteiger partial charge in [0.25, 0.3) is 11.2 Å². The topological polar surface area (TPSA) is 101 Å². The van der Waals surface area contributed by atoms with Crippen LogP contribution in [-0.2, 0) is 0 Å².